The van der Waals surface area contributed by atoms with Gasteiger partial charge in [-0.05, 0) is 57.1 Å². The third kappa shape index (κ3) is 5.40. The first-order chi connectivity index (χ1) is 14.8. The van der Waals surface area contributed by atoms with Crippen molar-refractivity contribution in [3.63, 3.8) is 0 Å². The van der Waals surface area contributed by atoms with Crippen LogP contribution in [-0.4, -0.2) is 58.3 Å². The van der Waals surface area contributed by atoms with Crippen molar-refractivity contribution in [3.8, 4) is 0 Å². The molecular formula is C22H35N7S. The van der Waals surface area contributed by atoms with E-state index < -0.39 is 0 Å². The molecule has 2 aromatic heterocycles. The van der Waals surface area contributed by atoms with Gasteiger partial charge in [0.1, 0.15) is 11.6 Å². The fourth-order valence-corrected chi connectivity index (χ4v) is 5.31. The average Bonchev–Trinajstić information content (AvgIpc) is 3.50. The molecule has 2 N–H and O–H groups in total. The molecule has 1 fully saturated rings. The molecule has 0 saturated carbocycles. The number of hydrogen-bond donors (Lipinski definition) is 2. The van der Waals surface area contributed by atoms with Gasteiger partial charge >= 0.3 is 0 Å². The molecule has 1 saturated heterocycles. The second-order valence-corrected chi connectivity index (χ2v) is 9.14. The van der Waals surface area contributed by atoms with Crippen molar-refractivity contribution in [2.45, 2.75) is 64.5 Å². The molecule has 30 heavy (non-hydrogen) atoms. The standard InChI is InChI=1S/C22H35N7S/c1-2-23-22(24-12-11-21-27-26-20-10-4-3-5-15-29(20)21)25-17-18(19-9-8-16-30-19)28-13-6-7-14-28/h8-9,16,18H,2-7,10-15,17H2,1H3,(H2,23,24,25). The monoisotopic (exact) mass is 429 g/mol. The van der Waals surface area contributed by atoms with Gasteiger partial charge in [-0.2, -0.15) is 0 Å². The lowest BCUT2D eigenvalue weighted by atomic mass is 10.2. The first-order valence-electron chi connectivity index (χ1n) is 11.6. The van der Waals surface area contributed by atoms with E-state index in [1.807, 2.05) is 11.3 Å². The summed E-state index contributed by atoms with van der Waals surface area (Å²) in [6, 6.07) is 4.79. The van der Waals surface area contributed by atoms with E-state index >= 15 is 0 Å². The Kier molecular flexibility index (Phi) is 7.75. The molecule has 8 heteroatoms. The maximum atomic E-state index is 4.95. The van der Waals surface area contributed by atoms with Gasteiger partial charge in [0.2, 0.25) is 0 Å². The summed E-state index contributed by atoms with van der Waals surface area (Å²) in [4.78, 5) is 8.96. The van der Waals surface area contributed by atoms with Gasteiger partial charge in [0, 0.05) is 37.4 Å². The Morgan fingerprint density at radius 1 is 1.13 bits per heavy atom. The number of aliphatic imine (C=N–C) groups is 1. The summed E-state index contributed by atoms with van der Waals surface area (Å²) in [7, 11) is 0. The normalized spacial score (nSPS) is 18.8. The van der Waals surface area contributed by atoms with Crippen molar-refractivity contribution < 1.29 is 0 Å². The Balaban J connectivity index is 1.36. The lowest BCUT2D eigenvalue weighted by Gasteiger charge is -2.25. The Morgan fingerprint density at radius 3 is 2.80 bits per heavy atom. The predicted octanol–water partition coefficient (Wildman–Crippen LogP) is 3.00. The van der Waals surface area contributed by atoms with Crippen molar-refractivity contribution in [3.05, 3.63) is 34.0 Å². The summed E-state index contributed by atoms with van der Waals surface area (Å²) >= 11 is 1.84. The Labute approximate surface area is 184 Å². The van der Waals surface area contributed by atoms with Crippen LogP contribution in [0.4, 0.5) is 0 Å². The van der Waals surface area contributed by atoms with Crippen LogP contribution in [0.25, 0.3) is 0 Å². The molecule has 4 rings (SSSR count). The smallest absolute Gasteiger partial charge is 0.191 e. The van der Waals surface area contributed by atoms with Gasteiger partial charge < -0.3 is 15.2 Å². The second kappa shape index (κ2) is 10.9. The predicted molar refractivity (Wildman–Crippen MR) is 123 cm³/mol. The van der Waals surface area contributed by atoms with Gasteiger partial charge in [-0.3, -0.25) is 9.89 Å². The molecule has 0 bridgehead atoms. The average molecular weight is 430 g/mol. The maximum Gasteiger partial charge on any atom is 0.191 e. The number of thiophene rings is 1. The Hall–Kier alpha value is -1.93. The van der Waals surface area contributed by atoms with Gasteiger partial charge in [0.05, 0.1) is 12.6 Å². The number of hydrogen-bond acceptors (Lipinski definition) is 5. The number of rotatable bonds is 8. The number of guanidine groups is 1. The van der Waals surface area contributed by atoms with E-state index in [2.05, 4.69) is 54.7 Å². The third-order valence-corrected chi connectivity index (χ3v) is 7.02. The van der Waals surface area contributed by atoms with E-state index in [4.69, 9.17) is 4.99 Å². The van der Waals surface area contributed by atoms with Gasteiger partial charge in [0.25, 0.3) is 0 Å². The Bertz CT molecular complexity index is 793. The van der Waals surface area contributed by atoms with Crippen LogP contribution in [0.3, 0.4) is 0 Å². The molecule has 7 nitrogen and oxygen atoms in total. The van der Waals surface area contributed by atoms with Crippen molar-refractivity contribution in [2.75, 3.05) is 32.7 Å². The fourth-order valence-electron chi connectivity index (χ4n) is 4.46. The lowest BCUT2D eigenvalue weighted by Crippen LogP contribution is -2.39. The maximum absolute atomic E-state index is 4.95. The molecule has 0 radical (unpaired) electrons. The molecule has 0 aromatic carbocycles. The van der Waals surface area contributed by atoms with Crippen LogP contribution in [0.1, 0.15) is 61.6 Å². The molecule has 2 aliphatic rings. The first kappa shape index (κ1) is 21.3. The summed E-state index contributed by atoms with van der Waals surface area (Å²) in [5.74, 6) is 3.16. The topological polar surface area (TPSA) is 70.4 Å². The summed E-state index contributed by atoms with van der Waals surface area (Å²) in [5.41, 5.74) is 0. The third-order valence-electron chi connectivity index (χ3n) is 6.05. The zero-order chi connectivity index (χ0) is 20.6. The highest BCUT2D eigenvalue weighted by Crippen LogP contribution is 2.28. The van der Waals surface area contributed by atoms with Crippen molar-refractivity contribution in [1.82, 2.24) is 30.3 Å². The summed E-state index contributed by atoms with van der Waals surface area (Å²) in [5, 5.41) is 18.0. The van der Waals surface area contributed by atoms with Crippen molar-refractivity contribution in [2.24, 2.45) is 4.99 Å². The largest absolute Gasteiger partial charge is 0.357 e. The van der Waals surface area contributed by atoms with E-state index in [0.29, 0.717) is 6.04 Å². The zero-order valence-corrected chi connectivity index (χ0v) is 19.0. The summed E-state index contributed by atoms with van der Waals surface area (Å²) in [6.07, 6.45) is 8.29. The quantitative estimate of drug-likeness (QED) is 0.499. The molecular weight excluding hydrogens is 394 g/mol. The van der Waals surface area contributed by atoms with Gasteiger partial charge in [-0.15, -0.1) is 21.5 Å². The lowest BCUT2D eigenvalue weighted by molar-refractivity contribution is 0.255. The minimum absolute atomic E-state index is 0.384. The first-order valence-corrected chi connectivity index (χ1v) is 12.4. The highest BCUT2D eigenvalue weighted by atomic mass is 32.1. The number of aromatic nitrogens is 3. The van der Waals surface area contributed by atoms with Crippen molar-refractivity contribution >= 4 is 17.3 Å². The van der Waals surface area contributed by atoms with Gasteiger partial charge in [-0.25, -0.2) is 0 Å². The van der Waals surface area contributed by atoms with E-state index in [1.54, 1.807) is 0 Å². The van der Waals surface area contributed by atoms with Gasteiger partial charge in [0.15, 0.2) is 5.96 Å². The number of fused-ring (bicyclic) bond motifs is 1. The highest BCUT2D eigenvalue weighted by Gasteiger charge is 2.24. The number of nitrogens with one attached hydrogen (secondary N) is 2. The Morgan fingerprint density at radius 2 is 2.00 bits per heavy atom. The van der Waals surface area contributed by atoms with Crippen LogP contribution in [-0.2, 0) is 19.4 Å². The molecule has 1 unspecified atom stereocenters. The molecule has 0 spiro atoms. The number of likely N-dealkylation sites (tertiary alicyclic amines) is 1. The second-order valence-electron chi connectivity index (χ2n) is 8.17. The van der Waals surface area contributed by atoms with Crippen LogP contribution in [0.15, 0.2) is 22.5 Å². The SMILES string of the molecule is CCNC(=NCC(c1cccs1)N1CCCC1)NCCc1nnc2n1CCCCC2. The highest BCUT2D eigenvalue weighted by molar-refractivity contribution is 7.10. The molecule has 0 aliphatic carbocycles. The van der Waals surface area contributed by atoms with E-state index in [0.717, 1.165) is 56.6 Å². The van der Waals surface area contributed by atoms with Gasteiger partial charge in [-0.1, -0.05) is 12.5 Å². The molecule has 1 atom stereocenters. The molecule has 2 aromatic rings. The molecule has 0 amide bonds. The van der Waals surface area contributed by atoms with Crippen LogP contribution < -0.4 is 10.6 Å². The molecule has 2 aliphatic heterocycles. The zero-order valence-electron chi connectivity index (χ0n) is 18.1. The molecule has 4 heterocycles. The molecule has 164 valence electrons. The van der Waals surface area contributed by atoms with E-state index in [1.165, 1.54) is 50.1 Å². The summed E-state index contributed by atoms with van der Waals surface area (Å²) in [6.45, 7) is 8.00. The van der Waals surface area contributed by atoms with Crippen LogP contribution >= 0.6 is 11.3 Å². The minimum Gasteiger partial charge on any atom is -0.357 e. The number of nitrogens with zero attached hydrogens (tertiary/aromatic N) is 5. The van der Waals surface area contributed by atoms with E-state index in [-0.39, 0.29) is 0 Å². The van der Waals surface area contributed by atoms with Crippen LogP contribution in [0, 0.1) is 0 Å². The van der Waals surface area contributed by atoms with Crippen molar-refractivity contribution in [1.29, 1.82) is 0 Å². The van der Waals surface area contributed by atoms with Crippen LogP contribution in [0.2, 0.25) is 0 Å². The minimum atomic E-state index is 0.384. The van der Waals surface area contributed by atoms with E-state index in [9.17, 15) is 0 Å². The number of aryl methyl sites for hydroxylation is 1. The fraction of sp³-hybridized carbons (Fsp3) is 0.682. The summed E-state index contributed by atoms with van der Waals surface area (Å²) < 4.78 is 2.33. The van der Waals surface area contributed by atoms with Crippen LogP contribution in [0.5, 0.6) is 0 Å².